The summed E-state index contributed by atoms with van der Waals surface area (Å²) in [5, 5.41) is 3.20. The number of hydrogen-bond acceptors (Lipinski definition) is 3. The maximum atomic E-state index is 13.4. The van der Waals surface area contributed by atoms with Gasteiger partial charge in [0.15, 0.2) is 11.6 Å². The zero-order valence-electron chi connectivity index (χ0n) is 9.32. The minimum absolute atomic E-state index is 0.212. The van der Waals surface area contributed by atoms with Crippen molar-refractivity contribution in [3.05, 3.63) is 41.3 Å². The highest BCUT2D eigenvalue weighted by atomic mass is 35.5. The molecule has 1 N–H and O–H groups in total. The zero-order valence-corrected chi connectivity index (χ0v) is 10.1. The van der Waals surface area contributed by atoms with Crippen LogP contribution < -0.4 is 5.32 Å². The van der Waals surface area contributed by atoms with Gasteiger partial charge in [0.25, 0.3) is 0 Å². The number of hydrogen-bond donors (Lipinski definition) is 1. The van der Waals surface area contributed by atoms with Crippen LogP contribution in [0.5, 0.6) is 0 Å². The van der Waals surface area contributed by atoms with Crippen LogP contribution in [0.15, 0.2) is 24.7 Å². The lowest BCUT2D eigenvalue weighted by Gasteiger charge is -2.06. The highest BCUT2D eigenvalue weighted by molar-refractivity contribution is 6.30. The summed E-state index contributed by atoms with van der Waals surface area (Å²) in [6.07, 6.45) is 5.72. The molecule has 0 aliphatic carbocycles. The number of halogens is 2. The normalized spacial score (nSPS) is 10.5. The van der Waals surface area contributed by atoms with Crippen molar-refractivity contribution in [1.82, 2.24) is 14.5 Å². The van der Waals surface area contributed by atoms with E-state index in [9.17, 15) is 4.39 Å². The Kier molecular flexibility index (Phi) is 3.58. The first-order chi connectivity index (χ1) is 8.16. The Morgan fingerprint density at radius 3 is 2.94 bits per heavy atom. The molecule has 2 rings (SSSR count). The smallest absolute Gasteiger partial charge is 0.166 e. The number of aryl methyl sites for hydroxylation is 1. The predicted octanol–water partition coefficient (Wildman–Crippen LogP) is 2.26. The van der Waals surface area contributed by atoms with E-state index < -0.39 is 5.82 Å². The molecule has 0 fully saturated rings. The SMILES string of the molecule is Cn1ccnc1CCNc1ncc(Cl)cc1F. The van der Waals surface area contributed by atoms with Gasteiger partial charge in [-0.1, -0.05) is 11.6 Å². The maximum absolute atomic E-state index is 13.4. The third-order valence-electron chi connectivity index (χ3n) is 2.37. The Labute approximate surface area is 103 Å². The van der Waals surface area contributed by atoms with Gasteiger partial charge in [-0.3, -0.25) is 0 Å². The Morgan fingerprint density at radius 1 is 1.47 bits per heavy atom. The second kappa shape index (κ2) is 5.14. The molecule has 0 spiro atoms. The van der Waals surface area contributed by atoms with Crippen LogP contribution in [-0.2, 0) is 13.5 Å². The molecule has 0 radical (unpaired) electrons. The van der Waals surface area contributed by atoms with E-state index in [1.807, 2.05) is 17.8 Å². The van der Waals surface area contributed by atoms with Gasteiger partial charge < -0.3 is 9.88 Å². The second-order valence-corrected chi connectivity index (χ2v) is 4.05. The first-order valence-corrected chi connectivity index (χ1v) is 5.56. The Hall–Kier alpha value is -1.62. The van der Waals surface area contributed by atoms with Gasteiger partial charge in [0.1, 0.15) is 5.82 Å². The molecule has 0 amide bonds. The fourth-order valence-electron chi connectivity index (χ4n) is 1.47. The van der Waals surface area contributed by atoms with Crippen LogP contribution in [0.1, 0.15) is 5.82 Å². The van der Waals surface area contributed by atoms with Crippen LogP contribution in [0.25, 0.3) is 0 Å². The highest BCUT2D eigenvalue weighted by Gasteiger charge is 2.04. The van der Waals surface area contributed by atoms with Crippen LogP contribution in [0.3, 0.4) is 0 Å². The lowest BCUT2D eigenvalue weighted by Crippen LogP contribution is -2.10. The van der Waals surface area contributed by atoms with Crippen LogP contribution >= 0.6 is 11.6 Å². The van der Waals surface area contributed by atoms with Gasteiger partial charge in [-0.2, -0.15) is 0 Å². The molecule has 0 unspecified atom stereocenters. The van der Waals surface area contributed by atoms with E-state index in [0.29, 0.717) is 13.0 Å². The lowest BCUT2D eigenvalue weighted by atomic mass is 10.4. The van der Waals surface area contributed by atoms with Gasteiger partial charge in [0.2, 0.25) is 0 Å². The summed E-state index contributed by atoms with van der Waals surface area (Å²) >= 11 is 5.61. The van der Waals surface area contributed by atoms with Crippen molar-refractivity contribution in [2.24, 2.45) is 7.05 Å². The molecule has 0 atom stereocenters. The number of rotatable bonds is 4. The van der Waals surface area contributed by atoms with Crippen molar-refractivity contribution >= 4 is 17.4 Å². The largest absolute Gasteiger partial charge is 0.367 e. The molecule has 2 aromatic heterocycles. The molecule has 2 heterocycles. The summed E-state index contributed by atoms with van der Waals surface area (Å²) in [5.74, 6) is 0.702. The van der Waals surface area contributed by atoms with Crippen molar-refractivity contribution in [3.8, 4) is 0 Å². The van der Waals surface area contributed by atoms with E-state index >= 15 is 0 Å². The number of anilines is 1. The molecule has 2 aromatic rings. The fourth-order valence-corrected chi connectivity index (χ4v) is 1.62. The van der Waals surface area contributed by atoms with E-state index in [-0.39, 0.29) is 10.8 Å². The molecular formula is C11H12ClFN4. The topological polar surface area (TPSA) is 42.7 Å². The number of nitrogens with one attached hydrogen (secondary N) is 1. The molecule has 4 nitrogen and oxygen atoms in total. The highest BCUT2D eigenvalue weighted by Crippen LogP contribution is 2.15. The third kappa shape index (κ3) is 2.94. The third-order valence-corrected chi connectivity index (χ3v) is 2.58. The minimum Gasteiger partial charge on any atom is -0.367 e. The summed E-state index contributed by atoms with van der Waals surface area (Å²) in [7, 11) is 1.92. The Balaban J connectivity index is 1.92. The van der Waals surface area contributed by atoms with Crippen LogP contribution in [-0.4, -0.2) is 21.1 Å². The molecule has 6 heteroatoms. The minimum atomic E-state index is -0.447. The first-order valence-electron chi connectivity index (χ1n) is 5.18. The van der Waals surface area contributed by atoms with Crippen LogP contribution in [0.4, 0.5) is 10.2 Å². The van der Waals surface area contributed by atoms with Crippen molar-refractivity contribution < 1.29 is 4.39 Å². The quantitative estimate of drug-likeness (QED) is 0.910. The number of nitrogens with zero attached hydrogens (tertiary/aromatic N) is 3. The molecular weight excluding hydrogens is 243 g/mol. The number of pyridine rings is 1. The number of imidazole rings is 1. The van der Waals surface area contributed by atoms with Gasteiger partial charge in [-0.15, -0.1) is 0 Å². The standard InChI is InChI=1S/C11H12ClFN4/c1-17-5-4-14-10(17)2-3-15-11-9(13)6-8(12)7-16-11/h4-7H,2-3H2,1H3,(H,15,16). The Morgan fingerprint density at radius 2 is 2.29 bits per heavy atom. The summed E-state index contributed by atoms with van der Waals surface area (Å²) < 4.78 is 15.3. The van der Waals surface area contributed by atoms with Gasteiger partial charge >= 0.3 is 0 Å². The summed E-state index contributed by atoms with van der Waals surface area (Å²) in [4.78, 5) is 8.05. The van der Waals surface area contributed by atoms with Crippen molar-refractivity contribution in [1.29, 1.82) is 0 Å². The molecule has 0 aromatic carbocycles. The van der Waals surface area contributed by atoms with E-state index in [0.717, 1.165) is 5.82 Å². The average molecular weight is 255 g/mol. The predicted molar refractivity (Wildman–Crippen MR) is 64.6 cm³/mol. The molecule has 0 bridgehead atoms. The van der Waals surface area contributed by atoms with Crippen LogP contribution in [0.2, 0.25) is 5.02 Å². The molecule has 0 aliphatic heterocycles. The van der Waals surface area contributed by atoms with E-state index in [1.54, 1.807) is 6.20 Å². The van der Waals surface area contributed by atoms with Gasteiger partial charge in [-0.05, 0) is 6.07 Å². The van der Waals surface area contributed by atoms with Crippen molar-refractivity contribution in [2.75, 3.05) is 11.9 Å². The second-order valence-electron chi connectivity index (χ2n) is 3.62. The summed E-state index contributed by atoms with van der Waals surface area (Å²) in [5.41, 5.74) is 0. The molecule has 0 aliphatic rings. The maximum Gasteiger partial charge on any atom is 0.166 e. The average Bonchev–Trinajstić information content (AvgIpc) is 2.68. The zero-order chi connectivity index (χ0) is 12.3. The van der Waals surface area contributed by atoms with Crippen molar-refractivity contribution in [3.63, 3.8) is 0 Å². The Bertz CT molecular complexity index is 512. The van der Waals surface area contributed by atoms with E-state index in [1.165, 1.54) is 12.3 Å². The molecule has 0 saturated heterocycles. The summed E-state index contributed by atoms with van der Waals surface area (Å²) in [6, 6.07) is 1.23. The summed E-state index contributed by atoms with van der Waals surface area (Å²) in [6.45, 7) is 0.566. The molecule has 90 valence electrons. The fraction of sp³-hybridized carbons (Fsp3) is 0.273. The number of aromatic nitrogens is 3. The van der Waals surface area contributed by atoms with Crippen molar-refractivity contribution in [2.45, 2.75) is 6.42 Å². The van der Waals surface area contributed by atoms with E-state index in [2.05, 4.69) is 15.3 Å². The lowest BCUT2D eigenvalue weighted by molar-refractivity contribution is 0.624. The van der Waals surface area contributed by atoms with Gasteiger partial charge in [0, 0.05) is 38.6 Å². The first kappa shape index (κ1) is 11.9. The van der Waals surface area contributed by atoms with Crippen LogP contribution in [0, 0.1) is 5.82 Å². The molecule has 17 heavy (non-hydrogen) atoms. The molecule has 0 saturated carbocycles. The van der Waals surface area contributed by atoms with Gasteiger partial charge in [0.05, 0.1) is 5.02 Å². The van der Waals surface area contributed by atoms with Gasteiger partial charge in [-0.25, -0.2) is 14.4 Å². The monoisotopic (exact) mass is 254 g/mol. The van der Waals surface area contributed by atoms with E-state index in [4.69, 9.17) is 11.6 Å².